The monoisotopic (exact) mass is 224 g/mol. The first-order valence-electron chi connectivity index (χ1n) is 5.72. The molecule has 3 heteroatoms. The minimum atomic E-state index is 0.704. The van der Waals surface area contributed by atoms with Crippen molar-refractivity contribution < 1.29 is 0 Å². The van der Waals surface area contributed by atoms with Crippen molar-refractivity contribution in [3.05, 3.63) is 22.4 Å². The van der Waals surface area contributed by atoms with Crippen LogP contribution < -0.4 is 5.73 Å². The van der Waals surface area contributed by atoms with E-state index in [4.69, 9.17) is 5.73 Å². The van der Waals surface area contributed by atoms with Gasteiger partial charge in [-0.05, 0) is 54.7 Å². The standard InChI is InChI=1S/C12H20N2S/c1-14(8-10-5-6-15-9-10)12-4-2-3-11(12)7-13/h5-6,9,11-12H,2-4,7-8,13H2,1H3. The van der Waals surface area contributed by atoms with Crippen molar-refractivity contribution in [1.82, 2.24) is 4.90 Å². The molecule has 2 atom stereocenters. The fourth-order valence-electron chi connectivity index (χ4n) is 2.66. The molecule has 0 spiro atoms. The first-order chi connectivity index (χ1) is 7.31. The van der Waals surface area contributed by atoms with Gasteiger partial charge in [0, 0.05) is 12.6 Å². The van der Waals surface area contributed by atoms with Crippen molar-refractivity contribution in [1.29, 1.82) is 0 Å². The highest BCUT2D eigenvalue weighted by atomic mass is 32.1. The summed E-state index contributed by atoms with van der Waals surface area (Å²) in [5, 5.41) is 4.39. The molecular weight excluding hydrogens is 204 g/mol. The van der Waals surface area contributed by atoms with Crippen molar-refractivity contribution in [3.63, 3.8) is 0 Å². The minimum absolute atomic E-state index is 0.704. The van der Waals surface area contributed by atoms with Crippen LogP contribution in [0.1, 0.15) is 24.8 Å². The third-order valence-corrected chi connectivity index (χ3v) is 4.23. The van der Waals surface area contributed by atoms with Gasteiger partial charge >= 0.3 is 0 Å². The van der Waals surface area contributed by atoms with Crippen molar-refractivity contribution in [2.24, 2.45) is 11.7 Å². The van der Waals surface area contributed by atoms with Gasteiger partial charge in [-0.3, -0.25) is 4.90 Å². The second kappa shape index (κ2) is 5.10. The van der Waals surface area contributed by atoms with Crippen LogP contribution in [0.25, 0.3) is 0 Å². The van der Waals surface area contributed by atoms with E-state index in [-0.39, 0.29) is 0 Å². The Morgan fingerprint density at radius 3 is 3.07 bits per heavy atom. The molecular formula is C12H20N2S. The van der Waals surface area contributed by atoms with Gasteiger partial charge in [-0.25, -0.2) is 0 Å². The number of rotatable bonds is 4. The Kier molecular flexibility index (Phi) is 3.78. The van der Waals surface area contributed by atoms with E-state index in [1.54, 1.807) is 11.3 Å². The van der Waals surface area contributed by atoms with E-state index in [1.165, 1.54) is 24.8 Å². The average Bonchev–Trinajstić information content (AvgIpc) is 2.86. The van der Waals surface area contributed by atoms with Crippen LogP contribution in [0.5, 0.6) is 0 Å². The van der Waals surface area contributed by atoms with Crippen LogP contribution in [0.3, 0.4) is 0 Å². The third kappa shape index (κ3) is 2.60. The van der Waals surface area contributed by atoms with Crippen molar-refractivity contribution in [2.75, 3.05) is 13.6 Å². The third-order valence-electron chi connectivity index (χ3n) is 3.50. The van der Waals surface area contributed by atoms with Crippen LogP contribution in [0.15, 0.2) is 16.8 Å². The zero-order valence-corrected chi connectivity index (χ0v) is 10.2. The molecule has 84 valence electrons. The largest absolute Gasteiger partial charge is 0.330 e. The Hall–Kier alpha value is -0.380. The van der Waals surface area contributed by atoms with E-state index in [9.17, 15) is 0 Å². The van der Waals surface area contributed by atoms with E-state index in [0.29, 0.717) is 12.0 Å². The zero-order chi connectivity index (χ0) is 10.7. The molecule has 0 saturated heterocycles. The molecule has 2 nitrogen and oxygen atoms in total. The molecule has 15 heavy (non-hydrogen) atoms. The second-order valence-corrected chi connectivity index (χ2v) is 5.32. The molecule has 1 aromatic rings. The van der Waals surface area contributed by atoms with Gasteiger partial charge in [0.1, 0.15) is 0 Å². The summed E-state index contributed by atoms with van der Waals surface area (Å²) in [6.45, 7) is 1.92. The van der Waals surface area contributed by atoms with Gasteiger partial charge in [0.2, 0.25) is 0 Å². The SMILES string of the molecule is CN(Cc1ccsc1)C1CCCC1CN. The Morgan fingerprint density at radius 1 is 1.53 bits per heavy atom. The number of nitrogens with two attached hydrogens (primary N) is 1. The van der Waals surface area contributed by atoms with E-state index in [2.05, 4.69) is 28.8 Å². The number of nitrogens with zero attached hydrogens (tertiary/aromatic N) is 1. The van der Waals surface area contributed by atoms with E-state index in [0.717, 1.165) is 13.1 Å². The molecule has 0 bridgehead atoms. The van der Waals surface area contributed by atoms with Crippen LogP contribution in [-0.2, 0) is 6.54 Å². The summed E-state index contributed by atoms with van der Waals surface area (Å²) in [6.07, 6.45) is 3.98. The van der Waals surface area contributed by atoms with Gasteiger partial charge < -0.3 is 5.73 Å². The average molecular weight is 224 g/mol. The topological polar surface area (TPSA) is 29.3 Å². The molecule has 0 aliphatic heterocycles. The van der Waals surface area contributed by atoms with Crippen LogP contribution in [0.2, 0.25) is 0 Å². The minimum Gasteiger partial charge on any atom is -0.330 e. The normalized spacial score (nSPS) is 26.3. The van der Waals surface area contributed by atoms with E-state index >= 15 is 0 Å². The lowest BCUT2D eigenvalue weighted by Gasteiger charge is -2.28. The number of hydrogen-bond donors (Lipinski definition) is 1. The smallest absolute Gasteiger partial charge is 0.0242 e. The van der Waals surface area contributed by atoms with Gasteiger partial charge in [-0.15, -0.1) is 0 Å². The second-order valence-electron chi connectivity index (χ2n) is 4.54. The van der Waals surface area contributed by atoms with Gasteiger partial charge in [-0.2, -0.15) is 11.3 Å². The van der Waals surface area contributed by atoms with Crippen LogP contribution >= 0.6 is 11.3 Å². The molecule has 2 rings (SSSR count). The summed E-state index contributed by atoms with van der Waals surface area (Å²) in [5.74, 6) is 0.716. The summed E-state index contributed by atoms with van der Waals surface area (Å²) in [7, 11) is 2.23. The molecule has 2 unspecified atom stereocenters. The lowest BCUT2D eigenvalue weighted by atomic mass is 10.0. The number of hydrogen-bond acceptors (Lipinski definition) is 3. The highest BCUT2D eigenvalue weighted by Crippen LogP contribution is 2.29. The Labute approximate surface area is 96.1 Å². The number of thiophene rings is 1. The van der Waals surface area contributed by atoms with Crippen LogP contribution in [0, 0.1) is 5.92 Å². The van der Waals surface area contributed by atoms with Gasteiger partial charge in [0.15, 0.2) is 0 Å². The predicted octanol–water partition coefficient (Wildman–Crippen LogP) is 2.31. The van der Waals surface area contributed by atoms with Gasteiger partial charge in [0.25, 0.3) is 0 Å². The maximum atomic E-state index is 5.81. The summed E-state index contributed by atoms with van der Waals surface area (Å²) in [6, 6.07) is 2.92. The molecule has 2 N–H and O–H groups in total. The molecule has 1 aliphatic rings. The van der Waals surface area contributed by atoms with Crippen molar-refractivity contribution >= 4 is 11.3 Å². The first-order valence-corrected chi connectivity index (χ1v) is 6.67. The maximum Gasteiger partial charge on any atom is 0.0242 e. The molecule has 0 aromatic carbocycles. The fourth-order valence-corrected chi connectivity index (χ4v) is 3.32. The molecule has 1 fully saturated rings. The zero-order valence-electron chi connectivity index (χ0n) is 9.36. The van der Waals surface area contributed by atoms with Crippen LogP contribution in [-0.4, -0.2) is 24.5 Å². The Morgan fingerprint density at radius 2 is 2.40 bits per heavy atom. The summed E-state index contributed by atoms with van der Waals surface area (Å²) in [5.41, 5.74) is 7.25. The Bertz CT molecular complexity index is 284. The quantitative estimate of drug-likeness (QED) is 0.850. The molecule has 1 saturated carbocycles. The van der Waals surface area contributed by atoms with Gasteiger partial charge in [-0.1, -0.05) is 6.42 Å². The summed E-state index contributed by atoms with van der Waals surface area (Å²) >= 11 is 1.78. The lowest BCUT2D eigenvalue weighted by molar-refractivity contribution is 0.193. The maximum absolute atomic E-state index is 5.81. The lowest BCUT2D eigenvalue weighted by Crippen LogP contribution is -2.37. The van der Waals surface area contributed by atoms with Crippen molar-refractivity contribution in [2.45, 2.75) is 31.8 Å². The fraction of sp³-hybridized carbons (Fsp3) is 0.667. The molecule has 1 aromatic heterocycles. The first kappa shape index (κ1) is 11.1. The van der Waals surface area contributed by atoms with Crippen molar-refractivity contribution in [3.8, 4) is 0 Å². The molecule has 1 aliphatic carbocycles. The van der Waals surface area contributed by atoms with E-state index in [1.807, 2.05) is 0 Å². The Balaban J connectivity index is 1.92. The highest BCUT2D eigenvalue weighted by molar-refractivity contribution is 7.07. The van der Waals surface area contributed by atoms with Gasteiger partial charge in [0.05, 0.1) is 0 Å². The predicted molar refractivity (Wildman–Crippen MR) is 66.0 cm³/mol. The molecule has 0 radical (unpaired) electrons. The molecule has 1 heterocycles. The van der Waals surface area contributed by atoms with Crippen LogP contribution in [0.4, 0.5) is 0 Å². The summed E-state index contributed by atoms with van der Waals surface area (Å²) in [4.78, 5) is 2.48. The summed E-state index contributed by atoms with van der Waals surface area (Å²) < 4.78 is 0. The molecule has 0 amide bonds. The van der Waals surface area contributed by atoms with E-state index < -0.39 is 0 Å². The highest BCUT2D eigenvalue weighted by Gasteiger charge is 2.28.